The summed E-state index contributed by atoms with van der Waals surface area (Å²) in [6, 6.07) is 12.0. The first-order chi connectivity index (χ1) is 14.4. The van der Waals surface area contributed by atoms with E-state index >= 15 is 0 Å². The Kier molecular flexibility index (Phi) is 7.07. The number of benzene rings is 2. The molecule has 3 rings (SSSR count). The lowest BCUT2D eigenvalue weighted by Gasteiger charge is -2.09. The fourth-order valence-electron chi connectivity index (χ4n) is 2.54. The number of ether oxygens (including phenoxy) is 2. The van der Waals surface area contributed by atoms with Crippen LogP contribution in [-0.2, 0) is 17.5 Å². The molecule has 158 valence electrons. The van der Waals surface area contributed by atoms with E-state index in [1.54, 1.807) is 30.7 Å². The number of halogens is 3. The summed E-state index contributed by atoms with van der Waals surface area (Å²) in [4.78, 5) is 16.4. The van der Waals surface area contributed by atoms with Gasteiger partial charge in [-0.3, -0.25) is 4.79 Å². The Morgan fingerprint density at radius 3 is 2.63 bits per heavy atom. The second-order valence-corrected chi connectivity index (χ2v) is 7.16. The largest absolute Gasteiger partial charge is 0.489 e. The highest BCUT2D eigenvalue weighted by molar-refractivity contribution is 7.13. The van der Waals surface area contributed by atoms with E-state index in [1.165, 1.54) is 23.5 Å². The summed E-state index contributed by atoms with van der Waals surface area (Å²) in [7, 11) is 1.56. The average Bonchev–Trinajstić information content (AvgIpc) is 3.23. The highest BCUT2D eigenvalue weighted by Crippen LogP contribution is 2.30. The van der Waals surface area contributed by atoms with Gasteiger partial charge < -0.3 is 14.8 Å². The smallest absolute Gasteiger partial charge is 0.416 e. The van der Waals surface area contributed by atoms with E-state index in [9.17, 15) is 18.0 Å². The predicted molar refractivity (Wildman–Crippen MR) is 108 cm³/mol. The summed E-state index contributed by atoms with van der Waals surface area (Å²) >= 11 is 1.33. The lowest BCUT2D eigenvalue weighted by atomic mass is 10.1. The van der Waals surface area contributed by atoms with Gasteiger partial charge in [0.05, 0.1) is 12.2 Å². The van der Waals surface area contributed by atoms with Gasteiger partial charge in [-0.1, -0.05) is 24.3 Å². The zero-order valence-electron chi connectivity index (χ0n) is 16.0. The number of alkyl halides is 3. The van der Waals surface area contributed by atoms with E-state index in [2.05, 4.69) is 10.3 Å². The first kappa shape index (κ1) is 21.8. The molecule has 0 aliphatic carbocycles. The molecule has 1 amide bonds. The van der Waals surface area contributed by atoms with E-state index < -0.39 is 11.7 Å². The molecule has 5 nitrogen and oxygen atoms in total. The van der Waals surface area contributed by atoms with Crippen LogP contribution in [0, 0.1) is 0 Å². The van der Waals surface area contributed by atoms with Crippen molar-refractivity contribution in [3.8, 4) is 16.3 Å². The second kappa shape index (κ2) is 9.73. The minimum Gasteiger partial charge on any atom is -0.489 e. The Balaban J connectivity index is 1.63. The molecule has 2 aromatic carbocycles. The van der Waals surface area contributed by atoms with Crippen LogP contribution in [0.2, 0.25) is 0 Å². The molecule has 1 aromatic heterocycles. The number of carbonyl (C=O) groups excluding carboxylic acids is 1. The highest BCUT2D eigenvalue weighted by atomic mass is 32.1. The zero-order valence-corrected chi connectivity index (χ0v) is 16.8. The number of hydrogen-bond acceptors (Lipinski definition) is 5. The van der Waals surface area contributed by atoms with Crippen LogP contribution in [0.25, 0.3) is 10.6 Å². The van der Waals surface area contributed by atoms with Gasteiger partial charge in [-0.05, 0) is 29.8 Å². The Labute approximate surface area is 175 Å². The summed E-state index contributed by atoms with van der Waals surface area (Å²) in [5.41, 5.74) is 1.03. The number of aromatic nitrogens is 1. The third-order valence-electron chi connectivity index (χ3n) is 4.10. The van der Waals surface area contributed by atoms with E-state index in [1.807, 2.05) is 6.07 Å². The molecule has 0 atom stereocenters. The third-order valence-corrected chi connectivity index (χ3v) is 4.99. The van der Waals surface area contributed by atoms with Gasteiger partial charge in [0, 0.05) is 24.6 Å². The molecule has 1 heterocycles. The van der Waals surface area contributed by atoms with E-state index in [4.69, 9.17) is 9.47 Å². The van der Waals surface area contributed by atoms with Crippen molar-refractivity contribution in [2.24, 2.45) is 0 Å². The molecule has 0 fully saturated rings. The summed E-state index contributed by atoms with van der Waals surface area (Å²) in [6.45, 7) is 0.948. The molecule has 9 heteroatoms. The Hall–Kier alpha value is -2.91. The molecule has 0 spiro atoms. The number of rotatable bonds is 8. The Bertz CT molecular complexity index is 988. The topological polar surface area (TPSA) is 60.5 Å². The van der Waals surface area contributed by atoms with E-state index in [0.717, 1.165) is 17.7 Å². The normalized spacial score (nSPS) is 11.3. The van der Waals surface area contributed by atoms with Crippen LogP contribution in [0.1, 0.15) is 21.6 Å². The fourth-order valence-corrected chi connectivity index (χ4v) is 3.34. The van der Waals surface area contributed by atoms with Crippen molar-refractivity contribution in [1.29, 1.82) is 0 Å². The summed E-state index contributed by atoms with van der Waals surface area (Å²) in [6.07, 6.45) is -4.36. The number of amides is 1. The standard InChI is InChI=1S/C21H19F3N2O3S/c1-28-10-9-25-19(27)18-13-30-20(26-18)15-3-2-4-17(11-15)29-12-14-5-7-16(8-6-14)21(22,23)24/h2-8,11,13H,9-10,12H2,1H3,(H,25,27). The maximum absolute atomic E-state index is 12.6. The number of nitrogens with zero attached hydrogens (tertiary/aromatic N) is 1. The minimum atomic E-state index is -4.36. The Morgan fingerprint density at radius 1 is 1.17 bits per heavy atom. The van der Waals surface area contributed by atoms with Crippen molar-refractivity contribution >= 4 is 17.2 Å². The molecule has 0 radical (unpaired) electrons. The maximum Gasteiger partial charge on any atom is 0.416 e. The summed E-state index contributed by atoms with van der Waals surface area (Å²) < 4.78 is 48.5. The summed E-state index contributed by atoms with van der Waals surface area (Å²) in [5, 5.41) is 5.05. The fraction of sp³-hybridized carbons (Fsp3) is 0.238. The molecule has 0 saturated carbocycles. The van der Waals surface area contributed by atoms with Crippen molar-refractivity contribution in [2.45, 2.75) is 12.8 Å². The van der Waals surface area contributed by atoms with Crippen molar-refractivity contribution in [1.82, 2.24) is 10.3 Å². The highest BCUT2D eigenvalue weighted by Gasteiger charge is 2.29. The number of hydrogen-bond donors (Lipinski definition) is 1. The van der Waals surface area contributed by atoms with Crippen LogP contribution in [0.3, 0.4) is 0 Å². The minimum absolute atomic E-state index is 0.132. The zero-order chi connectivity index (χ0) is 21.6. The number of carbonyl (C=O) groups is 1. The molecule has 30 heavy (non-hydrogen) atoms. The quantitative estimate of drug-likeness (QED) is 0.516. The molecule has 0 aliphatic rings. The first-order valence-electron chi connectivity index (χ1n) is 8.99. The average molecular weight is 436 g/mol. The van der Waals surface area contributed by atoms with E-state index in [-0.39, 0.29) is 12.5 Å². The van der Waals surface area contributed by atoms with Gasteiger partial charge in [-0.25, -0.2) is 4.98 Å². The van der Waals surface area contributed by atoms with Crippen LogP contribution in [0.15, 0.2) is 53.9 Å². The van der Waals surface area contributed by atoms with Crippen molar-refractivity contribution in [2.75, 3.05) is 20.3 Å². The number of methoxy groups -OCH3 is 1. The molecule has 0 aliphatic heterocycles. The molecule has 0 unspecified atom stereocenters. The monoisotopic (exact) mass is 436 g/mol. The van der Waals surface area contributed by atoms with Gasteiger partial charge in [-0.2, -0.15) is 13.2 Å². The second-order valence-electron chi connectivity index (χ2n) is 6.30. The van der Waals surface area contributed by atoms with Crippen LogP contribution < -0.4 is 10.1 Å². The van der Waals surface area contributed by atoms with Gasteiger partial charge in [-0.15, -0.1) is 11.3 Å². The van der Waals surface area contributed by atoms with Crippen LogP contribution in [-0.4, -0.2) is 31.2 Å². The van der Waals surface area contributed by atoms with Crippen molar-refractivity contribution in [3.05, 3.63) is 70.7 Å². The lowest BCUT2D eigenvalue weighted by Crippen LogP contribution is -2.27. The van der Waals surface area contributed by atoms with Gasteiger partial charge in [0.25, 0.3) is 5.91 Å². The third kappa shape index (κ3) is 5.80. The molecule has 0 saturated heterocycles. The van der Waals surface area contributed by atoms with Gasteiger partial charge in [0.15, 0.2) is 0 Å². The molecule has 0 bridgehead atoms. The SMILES string of the molecule is COCCNC(=O)c1csc(-c2cccc(OCc3ccc(C(F)(F)F)cc3)c2)n1. The molecule has 1 N–H and O–H groups in total. The van der Waals surface area contributed by atoms with Gasteiger partial charge in [0.1, 0.15) is 23.1 Å². The first-order valence-corrected chi connectivity index (χ1v) is 9.87. The van der Waals surface area contributed by atoms with Gasteiger partial charge >= 0.3 is 6.18 Å². The molecular weight excluding hydrogens is 417 g/mol. The van der Waals surface area contributed by atoms with Crippen molar-refractivity contribution in [3.63, 3.8) is 0 Å². The Morgan fingerprint density at radius 2 is 1.93 bits per heavy atom. The predicted octanol–water partition coefficient (Wildman–Crippen LogP) is 4.78. The van der Waals surface area contributed by atoms with Crippen LogP contribution >= 0.6 is 11.3 Å². The van der Waals surface area contributed by atoms with Crippen LogP contribution in [0.4, 0.5) is 13.2 Å². The van der Waals surface area contributed by atoms with Crippen molar-refractivity contribution < 1.29 is 27.4 Å². The van der Waals surface area contributed by atoms with Crippen LogP contribution in [0.5, 0.6) is 5.75 Å². The lowest BCUT2D eigenvalue weighted by molar-refractivity contribution is -0.137. The molecule has 3 aromatic rings. The number of thiazole rings is 1. The van der Waals surface area contributed by atoms with Gasteiger partial charge in [0.2, 0.25) is 0 Å². The number of nitrogens with one attached hydrogen (secondary N) is 1. The summed E-state index contributed by atoms with van der Waals surface area (Å²) in [5.74, 6) is 0.276. The molecular formula is C21H19F3N2O3S. The van der Waals surface area contributed by atoms with E-state index in [0.29, 0.717) is 35.2 Å². The maximum atomic E-state index is 12.6.